The molecular weight excluding hydrogens is 336 g/mol. The van der Waals surface area contributed by atoms with Crippen LogP contribution in [-0.2, 0) is 6.54 Å². The quantitative estimate of drug-likeness (QED) is 0.546. The van der Waals surface area contributed by atoms with E-state index in [1.54, 1.807) is 6.33 Å². The highest BCUT2D eigenvalue weighted by Crippen LogP contribution is 2.25. The Bertz CT molecular complexity index is 1050. The van der Waals surface area contributed by atoms with Crippen LogP contribution in [0.5, 0.6) is 0 Å². The van der Waals surface area contributed by atoms with E-state index >= 15 is 0 Å². The van der Waals surface area contributed by atoms with Crippen LogP contribution in [0.25, 0.3) is 16.7 Å². The van der Waals surface area contributed by atoms with Gasteiger partial charge in [-0.3, -0.25) is 0 Å². The van der Waals surface area contributed by atoms with Gasteiger partial charge < -0.3 is 9.80 Å². The maximum absolute atomic E-state index is 4.53. The normalized spacial score (nSPS) is 10.9. The number of nitrogens with zero attached hydrogens (tertiary/aromatic N) is 6. The Morgan fingerprint density at radius 3 is 2.52 bits per heavy atom. The molecule has 136 valence electrons. The summed E-state index contributed by atoms with van der Waals surface area (Å²) in [4.78, 5) is 13.2. The van der Waals surface area contributed by atoms with Gasteiger partial charge in [0.2, 0.25) is 0 Å². The predicted molar refractivity (Wildman–Crippen MR) is 110 cm³/mol. The van der Waals surface area contributed by atoms with Crippen LogP contribution in [0.15, 0.2) is 67.1 Å². The molecule has 0 aliphatic heterocycles. The van der Waals surface area contributed by atoms with E-state index < -0.39 is 0 Å². The molecule has 0 N–H and O–H groups in total. The second kappa shape index (κ2) is 7.07. The third-order valence-electron chi connectivity index (χ3n) is 4.55. The van der Waals surface area contributed by atoms with Crippen molar-refractivity contribution in [2.24, 2.45) is 0 Å². The topological polar surface area (TPSA) is 50.1 Å². The van der Waals surface area contributed by atoms with Gasteiger partial charge in [-0.15, -0.1) is 0 Å². The summed E-state index contributed by atoms with van der Waals surface area (Å²) in [6.07, 6.45) is 3.44. The summed E-state index contributed by atoms with van der Waals surface area (Å²) in [6, 6.07) is 18.5. The van der Waals surface area contributed by atoms with Gasteiger partial charge in [0.05, 0.1) is 17.3 Å². The van der Waals surface area contributed by atoms with Gasteiger partial charge in [0.25, 0.3) is 0 Å². The van der Waals surface area contributed by atoms with Crippen LogP contribution in [0.2, 0.25) is 0 Å². The summed E-state index contributed by atoms with van der Waals surface area (Å²) in [5.41, 5.74) is 4.20. The molecule has 0 aliphatic rings. The fraction of sp³-hybridized carbons (Fsp3) is 0.190. The zero-order valence-corrected chi connectivity index (χ0v) is 15.7. The summed E-state index contributed by atoms with van der Waals surface area (Å²) in [5, 5.41) is 5.47. The molecule has 0 unspecified atom stereocenters. The zero-order chi connectivity index (χ0) is 18.8. The molecule has 0 bridgehead atoms. The highest BCUT2D eigenvalue weighted by atomic mass is 15.3. The number of hydrogen-bond acceptors (Lipinski definition) is 5. The van der Waals surface area contributed by atoms with Gasteiger partial charge in [-0.05, 0) is 29.8 Å². The lowest BCUT2D eigenvalue weighted by atomic mass is 10.2. The lowest BCUT2D eigenvalue weighted by molar-refractivity contribution is 0.886. The lowest BCUT2D eigenvalue weighted by Gasteiger charge is -2.20. The molecule has 2 aromatic carbocycles. The Labute approximate surface area is 158 Å². The van der Waals surface area contributed by atoms with E-state index in [-0.39, 0.29) is 0 Å². The SMILES string of the molecule is CN(C)c1cccc(CN(C)c2ncnc3c2cnn3-c2ccccc2)c1. The molecule has 0 saturated heterocycles. The summed E-state index contributed by atoms with van der Waals surface area (Å²) in [5.74, 6) is 0.873. The first kappa shape index (κ1) is 17.0. The molecule has 0 aliphatic carbocycles. The van der Waals surface area contributed by atoms with Crippen molar-refractivity contribution in [3.8, 4) is 5.69 Å². The minimum Gasteiger partial charge on any atom is -0.378 e. The van der Waals surface area contributed by atoms with Crippen LogP contribution in [0, 0.1) is 0 Å². The van der Waals surface area contributed by atoms with Crippen molar-refractivity contribution in [3.63, 3.8) is 0 Å². The molecule has 0 fully saturated rings. The van der Waals surface area contributed by atoms with Crippen molar-refractivity contribution in [1.82, 2.24) is 19.7 Å². The first-order valence-electron chi connectivity index (χ1n) is 8.85. The summed E-state index contributed by atoms with van der Waals surface area (Å²) >= 11 is 0. The van der Waals surface area contributed by atoms with E-state index in [0.29, 0.717) is 0 Å². The molecule has 6 nitrogen and oxygen atoms in total. The minimum atomic E-state index is 0.754. The molecule has 0 spiro atoms. The Morgan fingerprint density at radius 2 is 1.74 bits per heavy atom. The molecular formula is C21H22N6. The number of aromatic nitrogens is 4. The van der Waals surface area contributed by atoms with Crippen LogP contribution >= 0.6 is 0 Å². The van der Waals surface area contributed by atoms with Gasteiger partial charge in [-0.1, -0.05) is 30.3 Å². The third-order valence-corrected chi connectivity index (χ3v) is 4.55. The summed E-state index contributed by atoms with van der Waals surface area (Å²) < 4.78 is 1.85. The first-order valence-corrected chi connectivity index (χ1v) is 8.85. The standard InChI is InChI=1S/C21H22N6/c1-25(2)18-11-7-8-16(12-18)14-26(3)20-19-13-24-27(21(19)23-15-22-20)17-9-5-4-6-10-17/h4-13,15H,14H2,1-3H3. The Balaban J connectivity index is 1.68. The molecule has 0 amide bonds. The third kappa shape index (κ3) is 3.33. The van der Waals surface area contributed by atoms with Gasteiger partial charge in [0, 0.05) is 33.4 Å². The zero-order valence-electron chi connectivity index (χ0n) is 15.7. The first-order chi connectivity index (χ1) is 13.1. The number of hydrogen-bond donors (Lipinski definition) is 0. The molecule has 4 rings (SSSR count). The molecule has 6 heteroatoms. The van der Waals surface area contributed by atoms with E-state index in [1.807, 2.05) is 48.3 Å². The summed E-state index contributed by atoms with van der Waals surface area (Å²) in [6.45, 7) is 0.754. The van der Waals surface area contributed by atoms with Crippen LogP contribution in [-0.4, -0.2) is 40.9 Å². The highest BCUT2D eigenvalue weighted by Gasteiger charge is 2.14. The fourth-order valence-electron chi connectivity index (χ4n) is 3.18. The second-order valence-corrected chi connectivity index (χ2v) is 6.75. The maximum Gasteiger partial charge on any atom is 0.168 e. The second-order valence-electron chi connectivity index (χ2n) is 6.75. The van der Waals surface area contributed by atoms with Crippen molar-refractivity contribution in [2.75, 3.05) is 30.9 Å². The molecule has 27 heavy (non-hydrogen) atoms. The van der Waals surface area contributed by atoms with E-state index in [2.05, 4.69) is 63.2 Å². The molecule has 0 saturated carbocycles. The number of anilines is 2. The van der Waals surface area contributed by atoms with E-state index in [1.165, 1.54) is 11.3 Å². The Hall–Kier alpha value is -3.41. The summed E-state index contributed by atoms with van der Waals surface area (Å²) in [7, 11) is 6.15. The maximum atomic E-state index is 4.53. The van der Waals surface area contributed by atoms with E-state index in [0.717, 1.165) is 29.1 Å². The average Bonchev–Trinajstić information content (AvgIpc) is 3.13. The Kier molecular flexibility index (Phi) is 4.46. The van der Waals surface area contributed by atoms with Gasteiger partial charge in [0.15, 0.2) is 5.65 Å². The monoisotopic (exact) mass is 358 g/mol. The van der Waals surface area contributed by atoms with Crippen LogP contribution in [0.4, 0.5) is 11.5 Å². The van der Waals surface area contributed by atoms with Crippen molar-refractivity contribution in [3.05, 3.63) is 72.7 Å². The minimum absolute atomic E-state index is 0.754. The smallest absolute Gasteiger partial charge is 0.168 e. The fourth-order valence-corrected chi connectivity index (χ4v) is 3.18. The van der Waals surface area contributed by atoms with Crippen LogP contribution < -0.4 is 9.80 Å². The van der Waals surface area contributed by atoms with Crippen LogP contribution in [0.1, 0.15) is 5.56 Å². The van der Waals surface area contributed by atoms with Crippen molar-refractivity contribution >= 4 is 22.5 Å². The van der Waals surface area contributed by atoms with Crippen molar-refractivity contribution in [1.29, 1.82) is 0 Å². The van der Waals surface area contributed by atoms with Gasteiger partial charge in [-0.2, -0.15) is 5.10 Å². The van der Waals surface area contributed by atoms with Crippen molar-refractivity contribution < 1.29 is 0 Å². The number of para-hydroxylation sites is 1. The predicted octanol–water partition coefficient (Wildman–Crippen LogP) is 3.52. The largest absolute Gasteiger partial charge is 0.378 e. The number of benzene rings is 2. The van der Waals surface area contributed by atoms with Gasteiger partial charge in [0.1, 0.15) is 12.1 Å². The highest BCUT2D eigenvalue weighted by molar-refractivity contribution is 5.87. The lowest BCUT2D eigenvalue weighted by Crippen LogP contribution is -2.18. The molecule has 0 radical (unpaired) electrons. The Morgan fingerprint density at radius 1 is 0.926 bits per heavy atom. The average molecular weight is 358 g/mol. The van der Waals surface area contributed by atoms with Crippen LogP contribution in [0.3, 0.4) is 0 Å². The van der Waals surface area contributed by atoms with E-state index in [9.17, 15) is 0 Å². The number of fused-ring (bicyclic) bond motifs is 1. The molecule has 2 heterocycles. The van der Waals surface area contributed by atoms with Gasteiger partial charge >= 0.3 is 0 Å². The molecule has 2 aromatic heterocycles. The molecule has 4 aromatic rings. The van der Waals surface area contributed by atoms with Crippen molar-refractivity contribution in [2.45, 2.75) is 6.54 Å². The molecule has 0 atom stereocenters. The number of rotatable bonds is 5. The van der Waals surface area contributed by atoms with E-state index in [4.69, 9.17) is 0 Å². The van der Waals surface area contributed by atoms with Gasteiger partial charge in [-0.25, -0.2) is 14.6 Å².